The first-order valence-electron chi connectivity index (χ1n) is 5.69. The summed E-state index contributed by atoms with van der Waals surface area (Å²) in [6.07, 6.45) is 0.958. The number of ketones is 1. The van der Waals surface area contributed by atoms with Gasteiger partial charge in [-0.05, 0) is 30.2 Å². The highest BCUT2D eigenvalue weighted by atomic mass is 35.5. The highest BCUT2D eigenvalue weighted by Gasteiger charge is 2.11. The molecule has 0 spiro atoms. The van der Waals surface area contributed by atoms with Gasteiger partial charge in [-0.25, -0.2) is 4.39 Å². The molecule has 0 unspecified atom stereocenters. The summed E-state index contributed by atoms with van der Waals surface area (Å²) in [6, 6.07) is 13.5. The summed E-state index contributed by atoms with van der Waals surface area (Å²) in [6.45, 7) is 0. The molecule has 0 radical (unpaired) electrons. The molecule has 0 amide bonds. The van der Waals surface area contributed by atoms with Crippen molar-refractivity contribution < 1.29 is 9.18 Å². The Labute approximate surface area is 110 Å². The maximum absolute atomic E-state index is 13.1. The van der Waals surface area contributed by atoms with Crippen molar-refractivity contribution in [2.75, 3.05) is 0 Å². The van der Waals surface area contributed by atoms with Crippen molar-refractivity contribution in [2.24, 2.45) is 0 Å². The van der Waals surface area contributed by atoms with Crippen molar-refractivity contribution in [3.8, 4) is 0 Å². The van der Waals surface area contributed by atoms with Gasteiger partial charge in [0.2, 0.25) is 0 Å². The molecule has 0 saturated heterocycles. The van der Waals surface area contributed by atoms with E-state index in [4.69, 9.17) is 11.6 Å². The van der Waals surface area contributed by atoms with Crippen LogP contribution in [0.3, 0.4) is 0 Å². The largest absolute Gasteiger partial charge is 0.294 e. The minimum atomic E-state index is -0.442. The second-order valence-corrected chi connectivity index (χ2v) is 4.44. The Morgan fingerprint density at radius 2 is 1.83 bits per heavy atom. The number of aryl methyl sites for hydroxylation is 1. The lowest BCUT2D eigenvalue weighted by molar-refractivity contribution is 0.0982. The fraction of sp³-hybridized carbons (Fsp3) is 0.133. The van der Waals surface area contributed by atoms with E-state index in [0.717, 1.165) is 5.56 Å². The fourth-order valence-corrected chi connectivity index (χ4v) is 1.97. The lowest BCUT2D eigenvalue weighted by atomic mass is 10.0. The van der Waals surface area contributed by atoms with Gasteiger partial charge >= 0.3 is 0 Å². The molecule has 2 aromatic carbocycles. The third-order valence-electron chi connectivity index (χ3n) is 2.71. The maximum Gasteiger partial charge on any atom is 0.164 e. The second-order valence-electron chi connectivity index (χ2n) is 4.03. The number of hydrogen-bond acceptors (Lipinski definition) is 1. The number of benzene rings is 2. The molecule has 18 heavy (non-hydrogen) atoms. The summed E-state index contributed by atoms with van der Waals surface area (Å²) in [5, 5.41) is 0.300. The zero-order chi connectivity index (χ0) is 13.0. The molecule has 0 saturated carbocycles. The number of halogens is 2. The third kappa shape index (κ3) is 3.17. The lowest BCUT2D eigenvalue weighted by Gasteiger charge is -2.04. The van der Waals surface area contributed by atoms with E-state index in [1.807, 2.05) is 30.3 Å². The van der Waals surface area contributed by atoms with Crippen LogP contribution in [0.15, 0.2) is 48.5 Å². The van der Waals surface area contributed by atoms with E-state index in [2.05, 4.69) is 0 Å². The molecule has 0 aromatic heterocycles. The van der Waals surface area contributed by atoms with Crippen LogP contribution in [0, 0.1) is 5.82 Å². The van der Waals surface area contributed by atoms with E-state index in [1.54, 1.807) is 0 Å². The summed E-state index contributed by atoms with van der Waals surface area (Å²) in [5.41, 5.74) is 1.34. The molecule has 0 fully saturated rings. The van der Waals surface area contributed by atoms with Crippen LogP contribution < -0.4 is 0 Å². The van der Waals surface area contributed by atoms with Crippen LogP contribution in [-0.4, -0.2) is 5.78 Å². The highest BCUT2D eigenvalue weighted by molar-refractivity contribution is 6.33. The van der Waals surface area contributed by atoms with Gasteiger partial charge in [-0.2, -0.15) is 0 Å². The topological polar surface area (TPSA) is 17.1 Å². The average molecular weight is 263 g/mol. The fourth-order valence-electron chi connectivity index (χ4n) is 1.75. The second kappa shape index (κ2) is 5.78. The molecule has 0 atom stereocenters. The van der Waals surface area contributed by atoms with E-state index in [0.29, 0.717) is 17.9 Å². The van der Waals surface area contributed by atoms with Crippen molar-refractivity contribution >= 4 is 17.4 Å². The van der Waals surface area contributed by atoms with Crippen molar-refractivity contribution in [1.82, 2.24) is 0 Å². The smallest absolute Gasteiger partial charge is 0.164 e. The van der Waals surface area contributed by atoms with Gasteiger partial charge in [-0.3, -0.25) is 4.79 Å². The first-order chi connectivity index (χ1) is 8.66. The Morgan fingerprint density at radius 3 is 2.56 bits per heavy atom. The molecule has 0 N–H and O–H groups in total. The summed E-state index contributed by atoms with van der Waals surface area (Å²) in [4.78, 5) is 11.9. The predicted molar refractivity (Wildman–Crippen MR) is 70.5 cm³/mol. The quantitative estimate of drug-likeness (QED) is 0.751. The first-order valence-corrected chi connectivity index (χ1v) is 6.07. The molecule has 92 valence electrons. The summed E-state index contributed by atoms with van der Waals surface area (Å²) < 4.78 is 13.1. The number of carbonyl (C=O) groups is 1. The van der Waals surface area contributed by atoms with Gasteiger partial charge in [0.15, 0.2) is 5.78 Å². The van der Waals surface area contributed by atoms with Gasteiger partial charge in [-0.15, -0.1) is 0 Å². The van der Waals surface area contributed by atoms with E-state index >= 15 is 0 Å². The number of carbonyl (C=O) groups excluding carboxylic acids is 1. The van der Waals surface area contributed by atoms with Gasteiger partial charge in [0.1, 0.15) is 5.82 Å². The normalized spacial score (nSPS) is 10.3. The van der Waals surface area contributed by atoms with Crippen molar-refractivity contribution in [3.05, 3.63) is 70.5 Å². The van der Waals surface area contributed by atoms with Crippen molar-refractivity contribution in [1.29, 1.82) is 0 Å². The first kappa shape index (κ1) is 12.8. The Morgan fingerprint density at radius 1 is 1.11 bits per heavy atom. The SMILES string of the molecule is O=C(CCc1ccccc1)c1cc(F)ccc1Cl. The predicted octanol–water partition coefficient (Wildman–Crippen LogP) is 4.29. The molecule has 2 rings (SSSR count). The zero-order valence-electron chi connectivity index (χ0n) is 9.70. The van der Waals surface area contributed by atoms with Gasteiger partial charge in [-0.1, -0.05) is 41.9 Å². The molecular weight excluding hydrogens is 251 g/mol. The van der Waals surface area contributed by atoms with Crippen LogP contribution in [0.5, 0.6) is 0 Å². The number of Topliss-reactive ketones (excluding diaryl/α,β-unsaturated/α-hetero) is 1. The molecular formula is C15H12ClFO. The maximum atomic E-state index is 13.1. The molecule has 2 aromatic rings. The number of rotatable bonds is 4. The lowest BCUT2D eigenvalue weighted by Crippen LogP contribution is -2.02. The molecule has 0 bridgehead atoms. The Bertz CT molecular complexity index is 552. The van der Waals surface area contributed by atoms with Crippen LogP contribution in [-0.2, 0) is 6.42 Å². The summed E-state index contributed by atoms with van der Waals surface area (Å²) in [5.74, 6) is -0.578. The van der Waals surface area contributed by atoms with Gasteiger partial charge in [0, 0.05) is 12.0 Å². The molecule has 0 aliphatic carbocycles. The van der Waals surface area contributed by atoms with Crippen molar-refractivity contribution in [2.45, 2.75) is 12.8 Å². The van der Waals surface area contributed by atoms with E-state index in [1.165, 1.54) is 18.2 Å². The van der Waals surface area contributed by atoms with Crippen molar-refractivity contribution in [3.63, 3.8) is 0 Å². The highest BCUT2D eigenvalue weighted by Crippen LogP contribution is 2.19. The summed E-state index contributed by atoms with van der Waals surface area (Å²) >= 11 is 5.89. The monoisotopic (exact) mass is 262 g/mol. The molecule has 3 heteroatoms. The Balaban J connectivity index is 2.06. The van der Waals surface area contributed by atoms with Crippen LogP contribution >= 0.6 is 11.6 Å². The van der Waals surface area contributed by atoms with Gasteiger partial charge in [0.05, 0.1) is 5.02 Å². The van der Waals surface area contributed by atoms with Crippen LogP contribution in [0.4, 0.5) is 4.39 Å². The number of hydrogen-bond donors (Lipinski definition) is 0. The average Bonchev–Trinajstić information content (AvgIpc) is 2.40. The van der Waals surface area contributed by atoms with E-state index < -0.39 is 5.82 Å². The third-order valence-corrected chi connectivity index (χ3v) is 3.04. The van der Waals surface area contributed by atoms with Crippen LogP contribution in [0.1, 0.15) is 22.3 Å². The van der Waals surface area contributed by atoms with Gasteiger partial charge in [0.25, 0.3) is 0 Å². The Kier molecular flexibility index (Phi) is 4.11. The minimum absolute atomic E-state index is 0.136. The standard InChI is InChI=1S/C15H12ClFO/c16-14-8-7-12(17)10-13(14)15(18)9-6-11-4-2-1-3-5-11/h1-5,7-8,10H,6,9H2. The minimum Gasteiger partial charge on any atom is -0.294 e. The molecule has 1 nitrogen and oxygen atoms in total. The summed E-state index contributed by atoms with van der Waals surface area (Å²) in [7, 11) is 0. The van der Waals surface area contributed by atoms with E-state index in [-0.39, 0.29) is 11.3 Å². The van der Waals surface area contributed by atoms with E-state index in [9.17, 15) is 9.18 Å². The molecule has 0 aliphatic rings. The van der Waals surface area contributed by atoms with Gasteiger partial charge < -0.3 is 0 Å². The zero-order valence-corrected chi connectivity index (χ0v) is 10.5. The Hall–Kier alpha value is -1.67. The molecule has 0 aliphatic heterocycles. The van der Waals surface area contributed by atoms with Crippen LogP contribution in [0.25, 0.3) is 0 Å². The molecule has 0 heterocycles. The van der Waals surface area contributed by atoms with Crippen LogP contribution in [0.2, 0.25) is 5.02 Å².